The van der Waals surface area contributed by atoms with Gasteiger partial charge in [-0.1, -0.05) is 18.7 Å². The minimum atomic E-state index is -0.695. The molecule has 0 aliphatic rings. The lowest BCUT2D eigenvalue weighted by atomic mass is 10.1. The number of thiol groups is 1. The van der Waals surface area contributed by atoms with E-state index in [1.165, 1.54) is 29.2 Å². The highest BCUT2D eigenvalue weighted by Gasteiger charge is 2.23. The third kappa shape index (κ3) is 12.3. The number of fused-ring (bicyclic) bond motifs is 2. The average molecular weight is 931 g/mol. The molecule has 0 bridgehead atoms. The van der Waals surface area contributed by atoms with Gasteiger partial charge in [-0.2, -0.15) is 17.0 Å². The fourth-order valence-corrected chi connectivity index (χ4v) is 7.42. The predicted molar refractivity (Wildman–Crippen MR) is 251 cm³/mol. The first-order valence-corrected chi connectivity index (χ1v) is 21.8. The van der Waals surface area contributed by atoms with Crippen molar-refractivity contribution in [3.63, 3.8) is 0 Å². The highest BCUT2D eigenvalue weighted by molar-refractivity contribution is 7.81. The number of carbonyl (C=O) groups excluding carboxylic acids is 6. The zero-order valence-electron chi connectivity index (χ0n) is 37.1. The number of methoxy groups -OCH3 is 1. The monoisotopic (exact) mass is 930 g/mol. The maximum atomic E-state index is 13.5. The number of benzene rings is 2. The van der Waals surface area contributed by atoms with Gasteiger partial charge in [-0.05, 0) is 74.6 Å². The fraction of sp³-hybridized carbons (Fsp3) is 0.372. The number of nitrogens with zero attached hydrogens (tertiary/aromatic N) is 8. The number of hydrogen-bond donors (Lipinski definition) is 5. The molecule has 65 heavy (non-hydrogen) atoms. The van der Waals surface area contributed by atoms with Crippen LogP contribution in [0.25, 0.3) is 22.1 Å². The second-order valence-corrected chi connectivity index (χ2v) is 16.5. The van der Waals surface area contributed by atoms with Crippen LogP contribution in [0.3, 0.4) is 0 Å². The van der Waals surface area contributed by atoms with E-state index >= 15 is 0 Å². The van der Waals surface area contributed by atoms with E-state index in [1.54, 1.807) is 43.5 Å². The largest absolute Gasteiger partial charge is 0.494 e. The zero-order valence-corrected chi connectivity index (χ0v) is 38.8. The van der Waals surface area contributed by atoms with Crippen LogP contribution >= 0.6 is 24.2 Å². The Kier molecular flexibility index (Phi) is 16.8. The molecule has 5 amide bonds. The molecule has 5 aromatic rings. The molecule has 0 aliphatic carbocycles. The van der Waals surface area contributed by atoms with Crippen LogP contribution in [0.1, 0.15) is 57.5 Å². The SMILES string of the molecule is C=C(C(=O)Nc1nc2cc(C(N)=O)cc(OC)c2n1C/C=C/Cn1c(NC(=O)c2cc(C)ns2)nc2cc(C)cc(OCCCN(C)C(=O)CCN(C)C(=O)CC(S)C=O)c21)N(N)CC. The van der Waals surface area contributed by atoms with Crippen LogP contribution < -0.4 is 31.7 Å². The second kappa shape index (κ2) is 22.2. The van der Waals surface area contributed by atoms with Crippen LogP contribution in [0, 0.1) is 13.8 Å². The molecule has 0 saturated carbocycles. The smallest absolute Gasteiger partial charge is 0.275 e. The van der Waals surface area contributed by atoms with Crippen molar-refractivity contribution in [1.29, 1.82) is 0 Å². The van der Waals surface area contributed by atoms with Gasteiger partial charge in [0.25, 0.3) is 11.8 Å². The quantitative estimate of drug-likeness (QED) is 0.0119. The van der Waals surface area contributed by atoms with E-state index in [9.17, 15) is 28.8 Å². The highest BCUT2D eigenvalue weighted by atomic mass is 32.1. The van der Waals surface area contributed by atoms with Gasteiger partial charge in [0, 0.05) is 65.2 Å². The van der Waals surface area contributed by atoms with Crippen molar-refractivity contribution in [2.24, 2.45) is 11.6 Å². The van der Waals surface area contributed by atoms with Crippen molar-refractivity contribution in [2.75, 3.05) is 58.1 Å². The maximum Gasteiger partial charge on any atom is 0.275 e. The number of aldehydes is 1. The molecule has 22 heteroatoms. The lowest BCUT2D eigenvalue weighted by molar-refractivity contribution is -0.133. The van der Waals surface area contributed by atoms with Crippen LogP contribution in [-0.4, -0.2) is 127 Å². The molecule has 1 unspecified atom stereocenters. The number of hydrazine groups is 1. The number of aryl methyl sites for hydroxylation is 2. The molecule has 5 rings (SSSR count). The van der Waals surface area contributed by atoms with Gasteiger partial charge in [-0.15, -0.1) is 0 Å². The second-order valence-electron chi connectivity index (χ2n) is 15.1. The van der Waals surface area contributed by atoms with E-state index in [0.717, 1.165) is 17.1 Å². The summed E-state index contributed by atoms with van der Waals surface area (Å²) in [6.45, 7) is 10.8. The number of hydrogen-bond acceptors (Lipinski definition) is 15. The van der Waals surface area contributed by atoms with Crippen LogP contribution in [0.4, 0.5) is 11.9 Å². The Bertz CT molecular complexity index is 2640. The molecule has 346 valence electrons. The summed E-state index contributed by atoms with van der Waals surface area (Å²) in [5.74, 6) is 5.02. The third-order valence-electron chi connectivity index (χ3n) is 10.2. The summed E-state index contributed by atoms with van der Waals surface area (Å²) in [5, 5.41) is 6.21. The minimum Gasteiger partial charge on any atom is -0.494 e. The zero-order chi connectivity index (χ0) is 47.5. The van der Waals surface area contributed by atoms with E-state index in [2.05, 4.69) is 39.2 Å². The molecule has 0 fully saturated rings. The van der Waals surface area contributed by atoms with E-state index in [0.29, 0.717) is 69.9 Å². The molecule has 2 aromatic carbocycles. The van der Waals surface area contributed by atoms with E-state index in [4.69, 9.17) is 26.0 Å². The number of carbonyl (C=O) groups is 6. The Hall–Kier alpha value is -6.78. The molecular formula is C43H54N12O8S2. The number of ether oxygens (including phenoxy) is 2. The van der Waals surface area contributed by atoms with Crippen LogP contribution in [0.15, 0.2) is 54.8 Å². The number of allylic oxidation sites excluding steroid dienone is 2. The van der Waals surface area contributed by atoms with Crippen molar-refractivity contribution < 1.29 is 38.2 Å². The van der Waals surface area contributed by atoms with Gasteiger partial charge in [0.05, 0.1) is 35.7 Å². The predicted octanol–water partition coefficient (Wildman–Crippen LogP) is 3.69. The molecular weight excluding hydrogens is 877 g/mol. The normalized spacial score (nSPS) is 11.7. The number of likely N-dealkylation sites (N-methyl/N-ethyl adjacent to an activating group) is 1. The number of imidazole rings is 2. The summed E-state index contributed by atoms with van der Waals surface area (Å²) in [7, 11) is 4.70. The number of amides is 5. The Balaban J connectivity index is 1.40. The average Bonchev–Trinajstić information content (AvgIpc) is 3.98. The van der Waals surface area contributed by atoms with Gasteiger partial charge in [0.1, 0.15) is 39.4 Å². The summed E-state index contributed by atoms with van der Waals surface area (Å²) in [4.78, 5) is 87.8. The molecule has 3 heterocycles. The third-order valence-corrected chi connectivity index (χ3v) is 11.4. The Labute approximate surface area is 385 Å². The standard InChI is InChI=1S/C43H54N12O8S2/c1-8-55(45)27(4)40(60)48-42-47-31-21-28(39(44)59)22-32(62-7)37(31)53(42)14-9-10-15-54-38-30(46-43(54)49-41(61)34-20-26(3)50-65-34)18-25(2)19-33(38)63-17-11-13-51(5)35(57)12-16-52(6)36(58)23-29(64)24-56/h9-10,18-22,24,29,64H,4,8,11-17,23,45H2,1-3,5-7H3,(H2,44,59)(H,46,49,61)(H,47,48,60)/b10-9+. The van der Waals surface area contributed by atoms with Gasteiger partial charge in [0.2, 0.25) is 29.6 Å². The maximum absolute atomic E-state index is 13.5. The number of rotatable bonds is 23. The Morgan fingerprint density at radius 1 is 0.923 bits per heavy atom. The lowest BCUT2D eigenvalue weighted by Crippen LogP contribution is -2.35. The molecule has 0 saturated heterocycles. The van der Waals surface area contributed by atoms with Gasteiger partial charge < -0.3 is 43.9 Å². The Morgan fingerprint density at radius 2 is 1.55 bits per heavy atom. The number of nitrogens with two attached hydrogens (primary N) is 2. The minimum absolute atomic E-state index is 0.00398. The summed E-state index contributed by atoms with van der Waals surface area (Å²) in [6, 6.07) is 8.44. The molecule has 0 radical (unpaired) electrons. The Morgan fingerprint density at radius 3 is 2.15 bits per heavy atom. The van der Waals surface area contributed by atoms with Crippen molar-refractivity contribution in [3.05, 3.63) is 76.5 Å². The van der Waals surface area contributed by atoms with Gasteiger partial charge >= 0.3 is 0 Å². The number of aromatic nitrogens is 5. The first-order chi connectivity index (χ1) is 30.9. The molecule has 3 aromatic heterocycles. The van der Waals surface area contributed by atoms with Gasteiger partial charge in [-0.25, -0.2) is 15.8 Å². The van der Waals surface area contributed by atoms with Crippen molar-refractivity contribution in [2.45, 2.75) is 58.4 Å². The highest BCUT2D eigenvalue weighted by Crippen LogP contribution is 2.33. The summed E-state index contributed by atoms with van der Waals surface area (Å²) < 4.78 is 19.8. The molecule has 0 aliphatic heterocycles. The van der Waals surface area contributed by atoms with Gasteiger partial charge in [-0.3, -0.25) is 34.6 Å². The molecule has 0 spiro atoms. The summed E-state index contributed by atoms with van der Waals surface area (Å²) in [5.41, 5.74) is 9.31. The molecule has 6 N–H and O–H groups in total. The molecule has 1 atom stereocenters. The first-order valence-electron chi connectivity index (χ1n) is 20.5. The summed E-state index contributed by atoms with van der Waals surface area (Å²) in [6.07, 6.45) is 4.82. The van der Waals surface area contributed by atoms with E-state index in [-0.39, 0.29) is 80.0 Å². The van der Waals surface area contributed by atoms with Crippen molar-refractivity contribution in [1.82, 2.24) is 38.3 Å². The topological polar surface area (TPSA) is 255 Å². The van der Waals surface area contributed by atoms with Crippen molar-refractivity contribution >= 4 is 93.9 Å². The van der Waals surface area contributed by atoms with Crippen LogP contribution in [0.5, 0.6) is 11.5 Å². The van der Waals surface area contributed by atoms with E-state index < -0.39 is 17.1 Å². The number of nitrogens with one attached hydrogen (secondary N) is 2. The lowest BCUT2D eigenvalue weighted by Gasteiger charge is -2.21. The van der Waals surface area contributed by atoms with E-state index in [1.807, 2.05) is 35.8 Å². The van der Waals surface area contributed by atoms with Crippen LogP contribution in [-0.2, 0) is 32.3 Å². The number of primary amides is 1. The van der Waals surface area contributed by atoms with Crippen molar-refractivity contribution in [3.8, 4) is 11.5 Å². The van der Waals surface area contributed by atoms with Crippen LogP contribution in [0.2, 0.25) is 0 Å². The number of anilines is 2. The first kappa shape index (κ1) is 49.2. The van der Waals surface area contributed by atoms with Gasteiger partial charge in [0.15, 0.2) is 0 Å². The summed E-state index contributed by atoms with van der Waals surface area (Å²) >= 11 is 5.12. The molecule has 20 nitrogen and oxygen atoms in total. The fourth-order valence-electron chi connectivity index (χ4n) is 6.61.